The van der Waals surface area contributed by atoms with Crippen molar-refractivity contribution in [2.24, 2.45) is 0 Å². The highest BCUT2D eigenvalue weighted by molar-refractivity contribution is 5.74. The second-order valence-electron chi connectivity index (χ2n) is 4.96. The monoisotopic (exact) mass is 261 g/mol. The molecule has 4 nitrogen and oxygen atoms in total. The Morgan fingerprint density at radius 2 is 2.21 bits per heavy atom. The van der Waals surface area contributed by atoms with Gasteiger partial charge in [-0.1, -0.05) is 6.07 Å². The maximum atomic E-state index is 11.7. The molecule has 1 aliphatic heterocycles. The van der Waals surface area contributed by atoms with E-state index in [0.29, 0.717) is 0 Å². The molecule has 104 valence electrons. The smallest absolute Gasteiger partial charge is 0.219 e. The molecule has 1 aliphatic rings. The fraction of sp³-hybridized carbons (Fsp3) is 0.600. The first-order valence-corrected chi connectivity index (χ1v) is 7.16. The van der Waals surface area contributed by atoms with Crippen molar-refractivity contribution in [3.63, 3.8) is 0 Å². The number of nitrogens with zero attached hydrogens (tertiary/aromatic N) is 3. The van der Waals surface area contributed by atoms with Gasteiger partial charge in [0.1, 0.15) is 5.82 Å². The molecule has 0 unspecified atom stereocenters. The maximum Gasteiger partial charge on any atom is 0.219 e. The minimum Gasteiger partial charge on any atom is -0.357 e. The Labute approximate surface area is 115 Å². The Morgan fingerprint density at radius 1 is 1.47 bits per heavy atom. The van der Waals surface area contributed by atoms with Crippen molar-refractivity contribution in [2.75, 3.05) is 24.5 Å². The summed E-state index contributed by atoms with van der Waals surface area (Å²) in [5, 5.41) is 0. The van der Waals surface area contributed by atoms with Crippen LogP contribution >= 0.6 is 0 Å². The number of amides is 1. The van der Waals surface area contributed by atoms with E-state index in [9.17, 15) is 4.79 Å². The summed E-state index contributed by atoms with van der Waals surface area (Å²) in [4.78, 5) is 20.5. The standard InChI is InChI=1S/C15H23N3O/c1-4-17(5-2)15-13(8-6-10-16-15)14-9-7-11-18(14)12(3)19/h6,8,10,14H,4-5,7,9,11H2,1-3H3/t14-/m0/s1. The molecule has 2 rings (SSSR count). The van der Waals surface area contributed by atoms with Gasteiger partial charge in [0.15, 0.2) is 0 Å². The zero-order chi connectivity index (χ0) is 13.8. The van der Waals surface area contributed by atoms with E-state index in [-0.39, 0.29) is 11.9 Å². The summed E-state index contributed by atoms with van der Waals surface area (Å²) in [5.41, 5.74) is 1.19. The molecule has 0 bridgehead atoms. The molecule has 1 saturated heterocycles. The quantitative estimate of drug-likeness (QED) is 0.836. The highest BCUT2D eigenvalue weighted by Crippen LogP contribution is 2.36. The molecular weight excluding hydrogens is 238 g/mol. The predicted molar refractivity (Wildman–Crippen MR) is 77.2 cm³/mol. The van der Waals surface area contributed by atoms with Gasteiger partial charge in [0.05, 0.1) is 6.04 Å². The van der Waals surface area contributed by atoms with E-state index in [4.69, 9.17) is 0 Å². The summed E-state index contributed by atoms with van der Waals surface area (Å²) < 4.78 is 0. The van der Waals surface area contributed by atoms with Crippen LogP contribution < -0.4 is 4.90 Å². The summed E-state index contributed by atoms with van der Waals surface area (Å²) in [6, 6.07) is 4.28. The number of anilines is 1. The molecule has 0 aliphatic carbocycles. The number of likely N-dealkylation sites (tertiary alicyclic amines) is 1. The molecule has 0 radical (unpaired) electrons. The average Bonchev–Trinajstić information content (AvgIpc) is 2.90. The van der Waals surface area contributed by atoms with E-state index in [1.165, 1.54) is 5.56 Å². The third-order valence-corrected chi connectivity index (χ3v) is 3.90. The van der Waals surface area contributed by atoms with E-state index in [1.54, 1.807) is 6.92 Å². The van der Waals surface area contributed by atoms with Crippen LogP contribution in [0.2, 0.25) is 0 Å². The molecule has 0 saturated carbocycles. The zero-order valence-electron chi connectivity index (χ0n) is 12.1. The molecule has 4 heteroatoms. The van der Waals surface area contributed by atoms with Crippen LogP contribution in [0.25, 0.3) is 0 Å². The molecule has 1 atom stereocenters. The number of hydrogen-bond acceptors (Lipinski definition) is 3. The number of rotatable bonds is 4. The van der Waals surface area contributed by atoms with Gasteiger partial charge in [-0.25, -0.2) is 4.98 Å². The second-order valence-corrected chi connectivity index (χ2v) is 4.96. The van der Waals surface area contributed by atoms with Crippen molar-refractivity contribution in [1.29, 1.82) is 0 Å². The van der Waals surface area contributed by atoms with Gasteiger partial charge in [0.25, 0.3) is 0 Å². The van der Waals surface area contributed by atoms with Gasteiger partial charge in [-0.15, -0.1) is 0 Å². The van der Waals surface area contributed by atoms with Gasteiger partial charge in [-0.05, 0) is 32.8 Å². The van der Waals surface area contributed by atoms with Crippen molar-refractivity contribution in [3.8, 4) is 0 Å². The third-order valence-electron chi connectivity index (χ3n) is 3.90. The lowest BCUT2D eigenvalue weighted by molar-refractivity contribution is -0.129. The molecule has 1 fully saturated rings. The Kier molecular flexibility index (Phi) is 4.40. The summed E-state index contributed by atoms with van der Waals surface area (Å²) >= 11 is 0. The number of pyridine rings is 1. The highest BCUT2D eigenvalue weighted by atomic mass is 16.2. The summed E-state index contributed by atoms with van der Waals surface area (Å²) in [6.45, 7) is 8.68. The summed E-state index contributed by atoms with van der Waals surface area (Å²) in [5.74, 6) is 1.20. The van der Waals surface area contributed by atoms with Gasteiger partial charge >= 0.3 is 0 Å². The van der Waals surface area contributed by atoms with E-state index in [1.807, 2.05) is 17.2 Å². The molecule has 1 aromatic rings. The first-order chi connectivity index (χ1) is 9.19. The minimum absolute atomic E-state index is 0.164. The minimum atomic E-state index is 0.164. The highest BCUT2D eigenvalue weighted by Gasteiger charge is 2.30. The SMILES string of the molecule is CCN(CC)c1ncccc1[C@@H]1CCCN1C(C)=O. The van der Waals surface area contributed by atoms with Crippen LogP contribution in [0.3, 0.4) is 0 Å². The first-order valence-electron chi connectivity index (χ1n) is 7.16. The number of hydrogen-bond donors (Lipinski definition) is 0. The fourth-order valence-corrected chi connectivity index (χ4v) is 2.92. The fourth-order valence-electron chi connectivity index (χ4n) is 2.92. The molecule has 19 heavy (non-hydrogen) atoms. The molecule has 1 amide bonds. The predicted octanol–water partition coefficient (Wildman–Crippen LogP) is 2.61. The van der Waals surface area contributed by atoms with Crippen molar-refractivity contribution in [1.82, 2.24) is 9.88 Å². The van der Waals surface area contributed by atoms with Crippen molar-refractivity contribution in [3.05, 3.63) is 23.9 Å². The normalized spacial score (nSPS) is 18.7. The molecular formula is C15H23N3O. The van der Waals surface area contributed by atoms with Crippen LogP contribution in [-0.4, -0.2) is 35.4 Å². The maximum absolute atomic E-state index is 11.7. The first kappa shape index (κ1) is 13.8. The number of aromatic nitrogens is 1. The Morgan fingerprint density at radius 3 is 2.84 bits per heavy atom. The van der Waals surface area contributed by atoms with Crippen LogP contribution in [-0.2, 0) is 4.79 Å². The van der Waals surface area contributed by atoms with Crippen molar-refractivity contribution >= 4 is 11.7 Å². The lowest BCUT2D eigenvalue weighted by Crippen LogP contribution is -2.31. The molecule has 0 spiro atoms. The molecule has 0 N–H and O–H groups in total. The van der Waals surface area contributed by atoms with Crippen LogP contribution in [0.5, 0.6) is 0 Å². The summed E-state index contributed by atoms with van der Waals surface area (Å²) in [7, 11) is 0. The van der Waals surface area contributed by atoms with Gasteiger partial charge in [-0.3, -0.25) is 4.79 Å². The van der Waals surface area contributed by atoms with Gasteiger partial charge in [0.2, 0.25) is 5.91 Å². The zero-order valence-corrected chi connectivity index (χ0v) is 12.1. The van der Waals surface area contributed by atoms with Crippen molar-refractivity contribution < 1.29 is 4.79 Å². The number of carbonyl (C=O) groups is 1. The largest absolute Gasteiger partial charge is 0.357 e. The number of carbonyl (C=O) groups excluding carboxylic acids is 1. The van der Waals surface area contributed by atoms with E-state index >= 15 is 0 Å². The van der Waals surface area contributed by atoms with Crippen LogP contribution in [0, 0.1) is 0 Å². The lowest BCUT2D eigenvalue weighted by Gasteiger charge is -2.29. The van der Waals surface area contributed by atoms with E-state index in [0.717, 1.165) is 38.3 Å². The second kappa shape index (κ2) is 6.04. The lowest BCUT2D eigenvalue weighted by atomic mass is 10.0. The van der Waals surface area contributed by atoms with Crippen molar-refractivity contribution in [2.45, 2.75) is 39.7 Å². The van der Waals surface area contributed by atoms with Gasteiger partial charge in [0, 0.05) is 38.3 Å². The molecule has 0 aromatic carbocycles. The molecule has 2 heterocycles. The Balaban J connectivity index is 2.36. The average molecular weight is 261 g/mol. The Hall–Kier alpha value is -1.58. The van der Waals surface area contributed by atoms with Crippen LogP contribution in [0.15, 0.2) is 18.3 Å². The van der Waals surface area contributed by atoms with Gasteiger partial charge < -0.3 is 9.80 Å². The van der Waals surface area contributed by atoms with E-state index < -0.39 is 0 Å². The molecule has 1 aromatic heterocycles. The van der Waals surface area contributed by atoms with Gasteiger partial charge in [-0.2, -0.15) is 0 Å². The summed E-state index contributed by atoms with van der Waals surface area (Å²) in [6.07, 6.45) is 3.96. The van der Waals surface area contributed by atoms with Crippen LogP contribution in [0.1, 0.15) is 45.2 Å². The Bertz CT molecular complexity index is 443. The third kappa shape index (κ3) is 2.72. The van der Waals surface area contributed by atoms with E-state index in [2.05, 4.69) is 29.8 Å². The topological polar surface area (TPSA) is 36.4 Å². The van der Waals surface area contributed by atoms with Crippen LogP contribution in [0.4, 0.5) is 5.82 Å².